The van der Waals surface area contributed by atoms with Crippen LogP contribution in [0.4, 0.5) is 4.79 Å². The highest BCUT2D eigenvalue weighted by atomic mass is 32.2. The molecule has 10 nitrogen and oxygen atoms in total. The third kappa shape index (κ3) is 6.32. The van der Waals surface area contributed by atoms with Gasteiger partial charge in [0.25, 0.3) is 0 Å². The molecule has 0 aromatic carbocycles. The summed E-state index contributed by atoms with van der Waals surface area (Å²) in [5, 5.41) is 16.9. The summed E-state index contributed by atoms with van der Waals surface area (Å²) >= 11 is 0. The maximum absolute atomic E-state index is 11.1. The molecule has 1 amide bonds. The van der Waals surface area contributed by atoms with Gasteiger partial charge in [0.05, 0.1) is 13.5 Å². The predicted octanol–water partition coefficient (Wildman–Crippen LogP) is -1.90. The SMILES string of the molecule is COC(=O)NS(=O)(=O)NC(CC(=O)O)C(=O)O. The van der Waals surface area contributed by atoms with Crippen LogP contribution in [0.25, 0.3) is 0 Å². The number of carbonyl (C=O) groups excluding carboxylic acids is 1. The third-order valence-corrected chi connectivity index (χ3v) is 2.41. The molecule has 0 aromatic rings. The zero-order valence-corrected chi connectivity index (χ0v) is 9.35. The molecule has 98 valence electrons. The highest BCUT2D eigenvalue weighted by Gasteiger charge is 2.27. The lowest BCUT2D eigenvalue weighted by Gasteiger charge is -2.12. The Hall–Kier alpha value is -1.88. The van der Waals surface area contributed by atoms with Crippen LogP contribution in [0.1, 0.15) is 6.42 Å². The van der Waals surface area contributed by atoms with Crippen molar-refractivity contribution in [3.63, 3.8) is 0 Å². The van der Waals surface area contributed by atoms with Crippen molar-refractivity contribution in [1.82, 2.24) is 9.44 Å². The molecule has 0 aliphatic carbocycles. The smallest absolute Gasteiger partial charge is 0.421 e. The number of ether oxygens (including phenoxy) is 1. The van der Waals surface area contributed by atoms with E-state index in [0.29, 0.717) is 0 Å². The number of aliphatic carboxylic acids is 2. The lowest BCUT2D eigenvalue weighted by Crippen LogP contribution is -2.48. The van der Waals surface area contributed by atoms with Gasteiger partial charge in [-0.15, -0.1) is 0 Å². The number of carboxylic acids is 2. The molecule has 0 radical (unpaired) electrons. The minimum atomic E-state index is -4.50. The average Bonchev–Trinajstić information content (AvgIpc) is 2.14. The third-order valence-electron chi connectivity index (χ3n) is 1.38. The van der Waals surface area contributed by atoms with Crippen molar-refractivity contribution in [2.75, 3.05) is 7.11 Å². The lowest BCUT2D eigenvalue weighted by atomic mass is 10.2. The van der Waals surface area contributed by atoms with E-state index in [4.69, 9.17) is 10.2 Å². The molecule has 0 heterocycles. The summed E-state index contributed by atoms with van der Waals surface area (Å²) in [5.41, 5.74) is 0. The quantitative estimate of drug-likeness (QED) is 0.435. The molecule has 0 spiro atoms. The first-order chi connectivity index (χ1) is 7.68. The van der Waals surface area contributed by atoms with Gasteiger partial charge >= 0.3 is 28.2 Å². The van der Waals surface area contributed by atoms with E-state index in [1.165, 1.54) is 9.44 Å². The molecule has 0 aliphatic heterocycles. The predicted molar refractivity (Wildman–Crippen MR) is 51.3 cm³/mol. The van der Waals surface area contributed by atoms with E-state index in [0.717, 1.165) is 7.11 Å². The van der Waals surface area contributed by atoms with Crippen molar-refractivity contribution < 1.29 is 37.8 Å². The Kier molecular flexibility index (Phi) is 5.34. The fraction of sp³-hybridized carbons (Fsp3) is 0.500. The van der Waals surface area contributed by atoms with Crippen LogP contribution in [0.15, 0.2) is 0 Å². The van der Waals surface area contributed by atoms with E-state index in [1.807, 2.05) is 0 Å². The van der Waals surface area contributed by atoms with Crippen LogP contribution in [0, 0.1) is 0 Å². The standard InChI is InChI=1S/C6H10N2O8S/c1-16-6(13)8-17(14,15)7-3(5(11)12)2-4(9)10/h3,7H,2H2,1H3,(H,8,13)(H,9,10)(H,11,12). The maximum Gasteiger partial charge on any atom is 0.421 e. The first-order valence-corrected chi connectivity index (χ1v) is 5.49. The highest BCUT2D eigenvalue weighted by molar-refractivity contribution is 7.88. The average molecular weight is 270 g/mol. The number of hydrogen-bond acceptors (Lipinski definition) is 6. The molecule has 17 heavy (non-hydrogen) atoms. The second-order valence-corrected chi connectivity index (χ2v) is 4.15. The van der Waals surface area contributed by atoms with Crippen molar-refractivity contribution in [2.24, 2.45) is 0 Å². The highest BCUT2D eigenvalue weighted by Crippen LogP contribution is 1.95. The van der Waals surface area contributed by atoms with Gasteiger partial charge in [-0.1, -0.05) is 0 Å². The van der Waals surface area contributed by atoms with Gasteiger partial charge in [0.15, 0.2) is 0 Å². The molecule has 4 N–H and O–H groups in total. The largest absolute Gasteiger partial charge is 0.481 e. The van der Waals surface area contributed by atoms with Gasteiger partial charge in [0.2, 0.25) is 0 Å². The summed E-state index contributed by atoms with van der Waals surface area (Å²) in [6.45, 7) is 0. The molecule has 0 bridgehead atoms. The molecular formula is C6H10N2O8S. The summed E-state index contributed by atoms with van der Waals surface area (Å²) in [6.07, 6.45) is -2.31. The Morgan fingerprint density at radius 1 is 1.29 bits per heavy atom. The van der Waals surface area contributed by atoms with Gasteiger partial charge in [0, 0.05) is 0 Å². The van der Waals surface area contributed by atoms with E-state index >= 15 is 0 Å². The van der Waals surface area contributed by atoms with E-state index in [-0.39, 0.29) is 0 Å². The number of rotatable bonds is 6. The number of hydrogen-bond donors (Lipinski definition) is 4. The van der Waals surface area contributed by atoms with Crippen LogP contribution in [0.5, 0.6) is 0 Å². The topological polar surface area (TPSA) is 159 Å². The van der Waals surface area contributed by atoms with Crippen LogP contribution in [-0.4, -0.2) is 49.8 Å². The van der Waals surface area contributed by atoms with E-state index in [2.05, 4.69) is 4.74 Å². The van der Waals surface area contributed by atoms with Crippen molar-refractivity contribution >= 4 is 28.2 Å². The zero-order valence-electron chi connectivity index (χ0n) is 8.54. The van der Waals surface area contributed by atoms with Gasteiger partial charge < -0.3 is 14.9 Å². The van der Waals surface area contributed by atoms with Gasteiger partial charge in [-0.05, 0) is 0 Å². The second kappa shape index (κ2) is 6.00. The molecule has 0 aromatic heterocycles. The Bertz CT molecular complexity index is 416. The minimum absolute atomic E-state index is 0.900. The molecule has 0 aliphatic rings. The molecule has 0 saturated carbocycles. The van der Waals surface area contributed by atoms with Crippen molar-refractivity contribution in [3.05, 3.63) is 0 Å². The number of carbonyl (C=O) groups is 3. The molecule has 0 fully saturated rings. The molecule has 0 rings (SSSR count). The minimum Gasteiger partial charge on any atom is -0.481 e. The van der Waals surface area contributed by atoms with Crippen LogP contribution in [-0.2, 0) is 24.5 Å². The second-order valence-electron chi connectivity index (χ2n) is 2.70. The summed E-state index contributed by atoms with van der Waals surface area (Å²) in [5.74, 6) is -3.21. The molecule has 1 unspecified atom stereocenters. The number of nitrogens with one attached hydrogen (secondary N) is 2. The van der Waals surface area contributed by atoms with Crippen LogP contribution in [0.2, 0.25) is 0 Å². The lowest BCUT2D eigenvalue weighted by molar-refractivity contribution is -0.145. The summed E-state index contributed by atoms with van der Waals surface area (Å²) in [4.78, 5) is 31.4. The Morgan fingerprint density at radius 2 is 1.82 bits per heavy atom. The van der Waals surface area contributed by atoms with Crippen LogP contribution in [0.3, 0.4) is 0 Å². The first kappa shape index (κ1) is 15.1. The molecule has 1 atom stereocenters. The monoisotopic (exact) mass is 270 g/mol. The van der Waals surface area contributed by atoms with Gasteiger partial charge in [-0.25, -0.2) is 9.52 Å². The van der Waals surface area contributed by atoms with Gasteiger partial charge in [0.1, 0.15) is 6.04 Å². The van der Waals surface area contributed by atoms with E-state index in [1.54, 1.807) is 0 Å². The van der Waals surface area contributed by atoms with Gasteiger partial charge in [-0.3, -0.25) is 9.59 Å². The molecule has 0 saturated heterocycles. The van der Waals surface area contributed by atoms with Crippen LogP contribution < -0.4 is 9.44 Å². The maximum atomic E-state index is 11.1. The van der Waals surface area contributed by atoms with Crippen molar-refractivity contribution in [3.8, 4) is 0 Å². The van der Waals surface area contributed by atoms with E-state index in [9.17, 15) is 22.8 Å². The Labute approximate surface area is 95.7 Å². The Morgan fingerprint density at radius 3 is 2.18 bits per heavy atom. The van der Waals surface area contributed by atoms with Crippen molar-refractivity contribution in [2.45, 2.75) is 12.5 Å². The van der Waals surface area contributed by atoms with E-state index < -0.39 is 40.7 Å². The number of carboxylic acid groups (broad SMARTS) is 2. The fourth-order valence-corrected chi connectivity index (χ4v) is 1.64. The number of amides is 1. The van der Waals surface area contributed by atoms with Crippen molar-refractivity contribution in [1.29, 1.82) is 0 Å². The fourth-order valence-electron chi connectivity index (χ4n) is 0.722. The summed E-state index contributed by atoms with van der Waals surface area (Å²) in [7, 11) is -3.60. The normalized spacial score (nSPS) is 12.5. The zero-order chi connectivity index (χ0) is 13.6. The van der Waals surface area contributed by atoms with Gasteiger partial charge in [-0.2, -0.15) is 13.1 Å². The summed E-state index contributed by atoms with van der Waals surface area (Å²) in [6, 6.07) is -1.89. The first-order valence-electron chi connectivity index (χ1n) is 4.00. The van der Waals surface area contributed by atoms with Crippen LogP contribution >= 0.6 is 0 Å². The number of methoxy groups -OCH3 is 1. The summed E-state index contributed by atoms with van der Waals surface area (Å²) < 4.78 is 29.0. The Balaban J connectivity index is 4.70. The molecular weight excluding hydrogens is 260 g/mol. The molecule has 11 heteroatoms.